The largest absolute Gasteiger partial charge is 0.374 e. The van der Waals surface area contributed by atoms with Crippen molar-refractivity contribution in [1.29, 1.82) is 0 Å². The molecule has 0 bridgehead atoms. The minimum atomic E-state index is 0.0977. The van der Waals surface area contributed by atoms with Crippen molar-refractivity contribution in [2.24, 2.45) is 0 Å². The summed E-state index contributed by atoms with van der Waals surface area (Å²) < 4.78 is 5.23. The molecule has 3 heteroatoms. The van der Waals surface area contributed by atoms with Crippen LogP contribution in [-0.2, 0) is 9.53 Å². The highest BCUT2D eigenvalue weighted by Crippen LogP contribution is 2.02. The summed E-state index contributed by atoms with van der Waals surface area (Å²) >= 11 is 0. The summed E-state index contributed by atoms with van der Waals surface area (Å²) in [6.07, 6.45) is 0.995. The second-order valence-electron chi connectivity index (χ2n) is 3.61. The topological polar surface area (TPSA) is 29.5 Å². The van der Waals surface area contributed by atoms with Crippen LogP contribution in [0.2, 0.25) is 0 Å². The second kappa shape index (κ2) is 7.94. The molecule has 0 N–H and O–H groups in total. The molecule has 0 aromatic rings. The zero-order chi connectivity index (χ0) is 11.0. The molecule has 84 valence electrons. The first-order valence-corrected chi connectivity index (χ1v) is 5.43. The molecule has 1 unspecified atom stereocenters. The van der Waals surface area contributed by atoms with Crippen molar-refractivity contribution < 1.29 is 9.53 Å². The van der Waals surface area contributed by atoms with Crippen LogP contribution in [0.4, 0.5) is 0 Å². The van der Waals surface area contributed by atoms with E-state index in [0.29, 0.717) is 12.6 Å². The number of rotatable bonds is 8. The van der Waals surface area contributed by atoms with Gasteiger partial charge in [0.25, 0.3) is 0 Å². The predicted molar refractivity (Wildman–Crippen MR) is 58.5 cm³/mol. The van der Waals surface area contributed by atoms with Crippen LogP contribution in [-0.4, -0.2) is 43.0 Å². The van der Waals surface area contributed by atoms with Crippen molar-refractivity contribution in [3.8, 4) is 0 Å². The van der Waals surface area contributed by atoms with Crippen LogP contribution in [0.3, 0.4) is 0 Å². The highest BCUT2D eigenvalue weighted by Gasteiger charge is 2.09. The van der Waals surface area contributed by atoms with Crippen molar-refractivity contribution in [3.63, 3.8) is 0 Å². The molecule has 0 aliphatic carbocycles. The molecule has 14 heavy (non-hydrogen) atoms. The third-order valence-electron chi connectivity index (χ3n) is 2.42. The van der Waals surface area contributed by atoms with Gasteiger partial charge in [0.05, 0.1) is 0 Å². The fraction of sp³-hybridized carbons (Fsp3) is 0.909. The van der Waals surface area contributed by atoms with Gasteiger partial charge in [0, 0.05) is 12.6 Å². The van der Waals surface area contributed by atoms with E-state index in [1.807, 2.05) is 0 Å². The van der Waals surface area contributed by atoms with Crippen LogP contribution in [0.5, 0.6) is 0 Å². The smallest absolute Gasteiger partial charge is 0.155 e. The standard InChI is InChI=1S/C11H23NO2/c1-5-12(6-2)10(3)7-8-14-9-11(4)13/h10H,5-9H2,1-4H3. The Balaban J connectivity index is 3.51. The fourth-order valence-electron chi connectivity index (χ4n) is 1.50. The summed E-state index contributed by atoms with van der Waals surface area (Å²) in [6.45, 7) is 11.2. The van der Waals surface area contributed by atoms with Crippen LogP contribution in [0.25, 0.3) is 0 Å². The molecule has 0 rings (SSSR count). The SMILES string of the molecule is CCN(CC)C(C)CCOCC(C)=O. The van der Waals surface area contributed by atoms with Gasteiger partial charge in [-0.2, -0.15) is 0 Å². The third-order valence-corrected chi connectivity index (χ3v) is 2.42. The number of hydrogen-bond acceptors (Lipinski definition) is 3. The molecule has 0 aliphatic rings. The second-order valence-corrected chi connectivity index (χ2v) is 3.61. The Bertz CT molecular complexity index is 155. The summed E-state index contributed by atoms with van der Waals surface area (Å²) in [6, 6.07) is 0.539. The van der Waals surface area contributed by atoms with Gasteiger partial charge in [-0.25, -0.2) is 0 Å². The van der Waals surface area contributed by atoms with Gasteiger partial charge in [-0.3, -0.25) is 4.79 Å². The normalized spacial score (nSPS) is 13.2. The van der Waals surface area contributed by atoms with Crippen LogP contribution in [0, 0.1) is 0 Å². The van der Waals surface area contributed by atoms with Crippen LogP contribution in [0.1, 0.15) is 34.1 Å². The lowest BCUT2D eigenvalue weighted by Gasteiger charge is -2.26. The van der Waals surface area contributed by atoms with Crippen LogP contribution < -0.4 is 0 Å². The van der Waals surface area contributed by atoms with Gasteiger partial charge in [0.1, 0.15) is 6.61 Å². The molecule has 0 heterocycles. The summed E-state index contributed by atoms with van der Waals surface area (Å²) in [5.74, 6) is 0.0977. The van der Waals surface area contributed by atoms with Crippen molar-refractivity contribution in [2.45, 2.75) is 40.2 Å². The van der Waals surface area contributed by atoms with E-state index in [2.05, 4.69) is 25.7 Å². The molecule has 0 amide bonds. The summed E-state index contributed by atoms with van der Waals surface area (Å²) in [4.78, 5) is 13.0. The van der Waals surface area contributed by atoms with E-state index in [9.17, 15) is 4.79 Å². The monoisotopic (exact) mass is 201 g/mol. The molecule has 0 spiro atoms. The summed E-state index contributed by atoms with van der Waals surface area (Å²) in [5.41, 5.74) is 0. The highest BCUT2D eigenvalue weighted by atomic mass is 16.5. The zero-order valence-electron chi connectivity index (χ0n) is 9.88. The minimum Gasteiger partial charge on any atom is -0.374 e. The van der Waals surface area contributed by atoms with E-state index in [0.717, 1.165) is 19.5 Å². The molecule has 0 aromatic carbocycles. The van der Waals surface area contributed by atoms with Crippen molar-refractivity contribution in [1.82, 2.24) is 4.90 Å². The average Bonchev–Trinajstić information content (AvgIpc) is 2.14. The van der Waals surface area contributed by atoms with Gasteiger partial charge in [0.15, 0.2) is 5.78 Å². The Labute approximate surface area is 87.4 Å². The van der Waals surface area contributed by atoms with Crippen molar-refractivity contribution >= 4 is 5.78 Å². The first-order chi connectivity index (χ1) is 6.61. The summed E-state index contributed by atoms with van der Waals surface area (Å²) in [7, 11) is 0. The van der Waals surface area contributed by atoms with Gasteiger partial charge in [-0.1, -0.05) is 13.8 Å². The van der Waals surface area contributed by atoms with E-state index < -0.39 is 0 Å². The molecular weight excluding hydrogens is 178 g/mol. The number of Topliss-reactive ketones (excluding diaryl/α,β-unsaturated/α-hetero) is 1. The summed E-state index contributed by atoms with van der Waals surface area (Å²) in [5, 5.41) is 0. The number of carbonyl (C=O) groups excluding carboxylic acids is 1. The Kier molecular flexibility index (Phi) is 7.71. The van der Waals surface area contributed by atoms with Crippen LogP contribution in [0.15, 0.2) is 0 Å². The quantitative estimate of drug-likeness (QED) is 0.560. The first-order valence-electron chi connectivity index (χ1n) is 5.43. The molecule has 0 radical (unpaired) electrons. The lowest BCUT2D eigenvalue weighted by molar-refractivity contribution is -0.121. The molecule has 0 fully saturated rings. The minimum absolute atomic E-state index is 0.0977. The fourth-order valence-corrected chi connectivity index (χ4v) is 1.50. The Morgan fingerprint density at radius 2 is 1.93 bits per heavy atom. The van der Waals surface area contributed by atoms with Crippen molar-refractivity contribution in [2.75, 3.05) is 26.3 Å². The first kappa shape index (κ1) is 13.6. The molecular formula is C11H23NO2. The lowest BCUT2D eigenvalue weighted by Crippen LogP contribution is -2.33. The number of hydrogen-bond donors (Lipinski definition) is 0. The average molecular weight is 201 g/mol. The highest BCUT2D eigenvalue weighted by molar-refractivity contribution is 5.76. The molecule has 1 atom stereocenters. The number of nitrogens with zero attached hydrogens (tertiary/aromatic N) is 1. The maximum Gasteiger partial charge on any atom is 0.155 e. The number of ether oxygens (including phenoxy) is 1. The Morgan fingerprint density at radius 1 is 1.36 bits per heavy atom. The molecule has 0 saturated carbocycles. The Morgan fingerprint density at radius 3 is 2.36 bits per heavy atom. The van der Waals surface area contributed by atoms with E-state index in [-0.39, 0.29) is 12.4 Å². The lowest BCUT2D eigenvalue weighted by atomic mass is 10.2. The number of ketones is 1. The molecule has 3 nitrogen and oxygen atoms in total. The van der Waals surface area contributed by atoms with E-state index in [4.69, 9.17) is 4.74 Å². The van der Waals surface area contributed by atoms with Crippen LogP contribution >= 0.6 is 0 Å². The third kappa shape index (κ3) is 6.11. The van der Waals surface area contributed by atoms with E-state index in [1.165, 1.54) is 0 Å². The van der Waals surface area contributed by atoms with E-state index >= 15 is 0 Å². The molecule has 0 aliphatic heterocycles. The predicted octanol–water partition coefficient (Wildman–Crippen LogP) is 1.71. The number of carbonyl (C=O) groups is 1. The van der Waals surface area contributed by atoms with E-state index in [1.54, 1.807) is 6.92 Å². The van der Waals surface area contributed by atoms with Gasteiger partial charge in [-0.05, 0) is 33.4 Å². The van der Waals surface area contributed by atoms with Gasteiger partial charge >= 0.3 is 0 Å². The Hall–Kier alpha value is -0.410. The maximum absolute atomic E-state index is 10.6. The maximum atomic E-state index is 10.6. The van der Waals surface area contributed by atoms with Crippen molar-refractivity contribution in [3.05, 3.63) is 0 Å². The van der Waals surface area contributed by atoms with Gasteiger partial charge < -0.3 is 9.64 Å². The molecule has 0 aromatic heterocycles. The van der Waals surface area contributed by atoms with Gasteiger partial charge in [-0.15, -0.1) is 0 Å². The van der Waals surface area contributed by atoms with Gasteiger partial charge in [0.2, 0.25) is 0 Å². The molecule has 0 saturated heterocycles. The zero-order valence-corrected chi connectivity index (χ0v) is 9.88.